The van der Waals surface area contributed by atoms with Crippen LogP contribution in [0, 0.1) is 11.3 Å². The Morgan fingerprint density at radius 3 is 2.29 bits per heavy atom. The summed E-state index contributed by atoms with van der Waals surface area (Å²) in [4.78, 5) is 4.09. The van der Waals surface area contributed by atoms with Gasteiger partial charge in [-0.1, -0.05) is 0 Å². The Bertz CT molecular complexity index is 827. The second-order valence-corrected chi connectivity index (χ2v) is 7.13. The van der Waals surface area contributed by atoms with E-state index in [1.165, 1.54) is 38.6 Å². The molecule has 0 atom stereocenters. The van der Waals surface area contributed by atoms with Gasteiger partial charge in [-0.3, -0.25) is 4.98 Å². The monoisotopic (exact) mass is 347 g/mol. The van der Waals surface area contributed by atoms with Gasteiger partial charge in [-0.25, -0.2) is 12.7 Å². The first-order valence-electron chi connectivity index (χ1n) is 7.07. The summed E-state index contributed by atoms with van der Waals surface area (Å²) in [5, 5.41) is 8.78. The number of benzene rings is 1. The van der Waals surface area contributed by atoms with E-state index in [-0.39, 0.29) is 18.1 Å². The summed E-state index contributed by atoms with van der Waals surface area (Å²) in [6.07, 6.45) is 2.97. The zero-order chi connectivity index (χ0) is 17.6. The maximum absolute atomic E-state index is 11.9. The highest BCUT2D eigenvalue weighted by Crippen LogP contribution is 2.18. The molecule has 0 bridgehead atoms. The maximum Gasteiger partial charge on any atom is 0.242 e. The van der Waals surface area contributed by atoms with Crippen molar-refractivity contribution in [3.63, 3.8) is 0 Å². The minimum atomic E-state index is -3.44. The van der Waals surface area contributed by atoms with Gasteiger partial charge in [0, 0.05) is 26.4 Å². The van der Waals surface area contributed by atoms with E-state index in [4.69, 9.17) is 14.7 Å². The van der Waals surface area contributed by atoms with Crippen LogP contribution < -0.4 is 9.47 Å². The molecule has 0 amide bonds. The third-order valence-electron chi connectivity index (χ3n) is 3.07. The second-order valence-electron chi connectivity index (χ2n) is 4.98. The fourth-order valence-corrected chi connectivity index (χ4v) is 2.70. The highest BCUT2D eigenvalue weighted by molar-refractivity contribution is 7.89. The average Bonchev–Trinajstić information content (AvgIpc) is 2.59. The van der Waals surface area contributed by atoms with Crippen molar-refractivity contribution in [3.8, 4) is 17.6 Å². The van der Waals surface area contributed by atoms with Gasteiger partial charge in [-0.2, -0.15) is 5.26 Å². The van der Waals surface area contributed by atoms with Crippen molar-refractivity contribution in [2.75, 3.05) is 27.3 Å². The Labute approximate surface area is 141 Å². The number of hydrogen-bond acceptors (Lipinski definition) is 6. The molecule has 0 fully saturated rings. The zero-order valence-electron chi connectivity index (χ0n) is 13.3. The Morgan fingerprint density at radius 2 is 1.71 bits per heavy atom. The lowest BCUT2D eigenvalue weighted by Gasteiger charge is -2.12. The van der Waals surface area contributed by atoms with Crippen LogP contribution in [-0.4, -0.2) is 45.0 Å². The molecule has 0 saturated carbocycles. The SMILES string of the molecule is CN(C)S(=O)(=O)c1ccc(OCCOc2cncc(C#N)c2)cc1. The van der Waals surface area contributed by atoms with Crippen molar-refractivity contribution in [2.45, 2.75) is 4.90 Å². The molecule has 1 aromatic heterocycles. The van der Waals surface area contributed by atoms with Crippen molar-refractivity contribution >= 4 is 10.0 Å². The van der Waals surface area contributed by atoms with Crippen LogP contribution in [0.4, 0.5) is 0 Å². The molecule has 126 valence electrons. The van der Waals surface area contributed by atoms with Crippen molar-refractivity contribution in [2.24, 2.45) is 0 Å². The molecule has 0 aliphatic heterocycles. The van der Waals surface area contributed by atoms with Gasteiger partial charge in [-0.15, -0.1) is 0 Å². The van der Waals surface area contributed by atoms with Gasteiger partial charge in [0.25, 0.3) is 0 Å². The first-order valence-corrected chi connectivity index (χ1v) is 8.51. The van der Waals surface area contributed by atoms with Crippen LogP contribution in [0.5, 0.6) is 11.5 Å². The third kappa shape index (κ3) is 4.44. The molecule has 0 N–H and O–H groups in total. The number of sulfonamides is 1. The molecular formula is C16H17N3O4S. The minimum absolute atomic E-state index is 0.204. The van der Waals surface area contributed by atoms with Gasteiger partial charge in [0.1, 0.15) is 30.8 Å². The molecule has 24 heavy (non-hydrogen) atoms. The van der Waals surface area contributed by atoms with Crippen LogP contribution in [0.15, 0.2) is 47.6 Å². The largest absolute Gasteiger partial charge is 0.490 e. The van der Waals surface area contributed by atoms with E-state index >= 15 is 0 Å². The molecule has 1 aromatic carbocycles. The molecule has 1 heterocycles. The smallest absolute Gasteiger partial charge is 0.242 e. The zero-order valence-corrected chi connectivity index (χ0v) is 14.2. The van der Waals surface area contributed by atoms with Gasteiger partial charge in [0.15, 0.2) is 0 Å². The van der Waals surface area contributed by atoms with Crippen LogP contribution >= 0.6 is 0 Å². The van der Waals surface area contributed by atoms with E-state index in [2.05, 4.69) is 4.98 Å². The Hall–Kier alpha value is -2.63. The maximum atomic E-state index is 11.9. The standard InChI is InChI=1S/C16H17N3O4S/c1-19(2)24(20,21)16-5-3-14(4-6-16)22-7-8-23-15-9-13(10-17)11-18-12-15/h3-6,9,11-12H,7-8H2,1-2H3. The summed E-state index contributed by atoms with van der Waals surface area (Å²) in [5.41, 5.74) is 0.422. The number of pyridine rings is 1. The van der Waals surface area contributed by atoms with Gasteiger partial charge in [0.2, 0.25) is 10.0 Å². The van der Waals surface area contributed by atoms with Crippen LogP contribution in [0.3, 0.4) is 0 Å². The van der Waals surface area contributed by atoms with E-state index < -0.39 is 10.0 Å². The lowest BCUT2D eigenvalue weighted by Crippen LogP contribution is -2.22. The lowest BCUT2D eigenvalue weighted by atomic mass is 10.3. The van der Waals surface area contributed by atoms with Crippen LogP contribution in [0.25, 0.3) is 0 Å². The summed E-state index contributed by atoms with van der Waals surface area (Å²) in [7, 11) is -0.483. The number of rotatable bonds is 7. The van der Waals surface area contributed by atoms with E-state index in [1.807, 2.05) is 6.07 Å². The fraction of sp³-hybridized carbons (Fsp3) is 0.250. The van der Waals surface area contributed by atoms with Crippen molar-refractivity contribution < 1.29 is 17.9 Å². The van der Waals surface area contributed by atoms with E-state index in [9.17, 15) is 8.42 Å². The molecular weight excluding hydrogens is 330 g/mol. The summed E-state index contributed by atoms with van der Waals surface area (Å²) in [6, 6.07) is 9.74. The van der Waals surface area contributed by atoms with Gasteiger partial charge in [-0.05, 0) is 24.3 Å². The van der Waals surface area contributed by atoms with E-state index in [1.54, 1.807) is 18.2 Å². The number of aromatic nitrogens is 1. The molecule has 0 spiro atoms. The molecule has 0 unspecified atom stereocenters. The summed E-state index contributed by atoms with van der Waals surface area (Å²) in [5.74, 6) is 1.03. The van der Waals surface area contributed by atoms with Crippen LogP contribution in [0.2, 0.25) is 0 Å². The predicted molar refractivity (Wildman–Crippen MR) is 87.3 cm³/mol. The normalized spacial score (nSPS) is 11.1. The van der Waals surface area contributed by atoms with E-state index in [0.29, 0.717) is 17.1 Å². The minimum Gasteiger partial charge on any atom is -0.490 e. The van der Waals surface area contributed by atoms with E-state index in [0.717, 1.165) is 4.31 Å². The quantitative estimate of drug-likeness (QED) is 0.707. The number of ether oxygens (including phenoxy) is 2. The molecule has 2 rings (SSSR count). The molecule has 0 aliphatic rings. The predicted octanol–water partition coefficient (Wildman–Crippen LogP) is 1.66. The summed E-state index contributed by atoms with van der Waals surface area (Å²) < 4.78 is 36.0. The molecule has 2 aromatic rings. The Kier molecular flexibility index (Phi) is 5.73. The van der Waals surface area contributed by atoms with Gasteiger partial charge < -0.3 is 9.47 Å². The molecule has 7 nitrogen and oxygen atoms in total. The van der Waals surface area contributed by atoms with Gasteiger partial charge in [0.05, 0.1) is 16.7 Å². The molecule has 0 aliphatic carbocycles. The van der Waals surface area contributed by atoms with Gasteiger partial charge >= 0.3 is 0 Å². The fourth-order valence-electron chi connectivity index (χ4n) is 1.80. The topological polar surface area (TPSA) is 92.5 Å². The molecule has 0 radical (unpaired) electrons. The summed E-state index contributed by atoms with van der Waals surface area (Å²) >= 11 is 0. The highest BCUT2D eigenvalue weighted by Gasteiger charge is 2.16. The van der Waals surface area contributed by atoms with Crippen molar-refractivity contribution in [3.05, 3.63) is 48.3 Å². The first kappa shape index (κ1) is 17.7. The van der Waals surface area contributed by atoms with Crippen molar-refractivity contribution in [1.82, 2.24) is 9.29 Å². The first-order chi connectivity index (χ1) is 11.4. The number of nitriles is 1. The van der Waals surface area contributed by atoms with Crippen molar-refractivity contribution in [1.29, 1.82) is 5.26 Å². The van der Waals surface area contributed by atoms with Crippen LogP contribution in [-0.2, 0) is 10.0 Å². The second kappa shape index (κ2) is 7.77. The van der Waals surface area contributed by atoms with Crippen LogP contribution in [0.1, 0.15) is 5.56 Å². The Morgan fingerprint density at radius 1 is 1.08 bits per heavy atom. The third-order valence-corrected chi connectivity index (χ3v) is 4.89. The molecule has 0 saturated heterocycles. The number of hydrogen-bond donors (Lipinski definition) is 0. The average molecular weight is 347 g/mol. The highest BCUT2D eigenvalue weighted by atomic mass is 32.2. The number of nitrogens with zero attached hydrogens (tertiary/aromatic N) is 3. The summed E-state index contributed by atoms with van der Waals surface area (Å²) in [6.45, 7) is 0.546. The Balaban J connectivity index is 1.86. The lowest BCUT2D eigenvalue weighted by molar-refractivity contribution is 0.216. The molecule has 8 heteroatoms.